The lowest BCUT2D eigenvalue weighted by Gasteiger charge is -2.31. The molecule has 2 saturated heterocycles. The molecule has 3 aliphatic rings. The van der Waals surface area contributed by atoms with Gasteiger partial charge in [-0.3, -0.25) is 24.6 Å². The van der Waals surface area contributed by atoms with Gasteiger partial charge in [0.1, 0.15) is 5.54 Å². The standard InChI is InChI=1S/C21H26ClN3O3/c1-5-11(4)25-18(26)15-14(9-10(2)3)24-21(16(15)19(25)27)12-7-6-8-13(22)17(12)23-20(21)28/h6-8,10-11,14-16,24H,5,9H2,1-4H3,(H,23,28)/t11-,14+,15-,16+,21-/m1/s1. The number of para-hydroxylation sites is 1. The summed E-state index contributed by atoms with van der Waals surface area (Å²) in [6.07, 6.45) is 1.39. The highest BCUT2D eigenvalue weighted by molar-refractivity contribution is 6.35. The van der Waals surface area contributed by atoms with Crippen LogP contribution in [-0.4, -0.2) is 34.7 Å². The van der Waals surface area contributed by atoms with Gasteiger partial charge in [0.05, 0.1) is 22.5 Å². The zero-order chi connectivity index (χ0) is 20.4. The zero-order valence-electron chi connectivity index (χ0n) is 16.6. The van der Waals surface area contributed by atoms with Gasteiger partial charge in [-0.05, 0) is 31.7 Å². The fourth-order valence-corrected chi connectivity index (χ4v) is 5.36. The lowest BCUT2D eigenvalue weighted by atomic mass is 9.76. The Labute approximate surface area is 170 Å². The molecule has 2 N–H and O–H groups in total. The van der Waals surface area contributed by atoms with E-state index >= 15 is 0 Å². The summed E-state index contributed by atoms with van der Waals surface area (Å²) in [5.74, 6) is -1.70. The van der Waals surface area contributed by atoms with Crippen molar-refractivity contribution < 1.29 is 14.4 Å². The molecule has 0 bridgehead atoms. The van der Waals surface area contributed by atoms with Gasteiger partial charge in [0.25, 0.3) is 0 Å². The Hall–Kier alpha value is -1.92. The van der Waals surface area contributed by atoms with Crippen molar-refractivity contribution in [2.45, 2.75) is 58.2 Å². The van der Waals surface area contributed by atoms with Gasteiger partial charge in [-0.2, -0.15) is 0 Å². The summed E-state index contributed by atoms with van der Waals surface area (Å²) in [5.41, 5.74) is -0.0503. The molecule has 3 amide bonds. The van der Waals surface area contributed by atoms with Crippen molar-refractivity contribution in [3.63, 3.8) is 0 Å². The average molecular weight is 404 g/mol. The summed E-state index contributed by atoms with van der Waals surface area (Å²) >= 11 is 6.32. The largest absolute Gasteiger partial charge is 0.323 e. The van der Waals surface area contributed by atoms with Crippen LogP contribution in [0.2, 0.25) is 5.02 Å². The summed E-state index contributed by atoms with van der Waals surface area (Å²) in [6.45, 7) is 7.99. The molecule has 1 aromatic carbocycles. The quantitative estimate of drug-likeness (QED) is 0.757. The van der Waals surface area contributed by atoms with Gasteiger partial charge in [0.2, 0.25) is 17.7 Å². The van der Waals surface area contributed by atoms with Crippen LogP contribution in [0.1, 0.15) is 46.1 Å². The molecule has 3 heterocycles. The third-order valence-electron chi connectivity index (χ3n) is 6.49. The predicted molar refractivity (Wildman–Crippen MR) is 107 cm³/mol. The highest BCUT2D eigenvalue weighted by Gasteiger charge is 2.70. The number of halogens is 1. The van der Waals surface area contributed by atoms with Crippen molar-refractivity contribution in [1.29, 1.82) is 0 Å². The third-order valence-corrected chi connectivity index (χ3v) is 6.81. The Kier molecular flexibility index (Phi) is 4.55. The maximum Gasteiger partial charge on any atom is 0.250 e. The molecule has 6 nitrogen and oxygen atoms in total. The molecule has 2 fully saturated rings. The molecule has 0 unspecified atom stereocenters. The van der Waals surface area contributed by atoms with E-state index in [9.17, 15) is 14.4 Å². The van der Waals surface area contributed by atoms with Gasteiger partial charge < -0.3 is 5.32 Å². The lowest BCUT2D eigenvalue weighted by Crippen LogP contribution is -2.54. The van der Waals surface area contributed by atoms with Crippen molar-refractivity contribution in [3.8, 4) is 0 Å². The van der Waals surface area contributed by atoms with Crippen molar-refractivity contribution >= 4 is 35.0 Å². The van der Waals surface area contributed by atoms with Crippen LogP contribution in [0, 0.1) is 17.8 Å². The van der Waals surface area contributed by atoms with Crippen LogP contribution in [0.3, 0.4) is 0 Å². The lowest BCUT2D eigenvalue weighted by molar-refractivity contribution is -0.145. The Morgan fingerprint density at radius 3 is 2.54 bits per heavy atom. The van der Waals surface area contributed by atoms with Crippen molar-refractivity contribution in [3.05, 3.63) is 28.8 Å². The minimum atomic E-state index is -1.25. The Morgan fingerprint density at radius 1 is 1.18 bits per heavy atom. The van der Waals surface area contributed by atoms with Gasteiger partial charge in [-0.15, -0.1) is 0 Å². The molecule has 5 atom stereocenters. The highest BCUT2D eigenvalue weighted by atomic mass is 35.5. The van der Waals surface area contributed by atoms with Crippen LogP contribution < -0.4 is 10.6 Å². The van der Waals surface area contributed by atoms with E-state index in [1.165, 1.54) is 4.90 Å². The van der Waals surface area contributed by atoms with Gasteiger partial charge in [-0.25, -0.2) is 0 Å². The number of imide groups is 1. The Balaban J connectivity index is 1.89. The van der Waals surface area contributed by atoms with Crippen molar-refractivity contribution in [1.82, 2.24) is 10.2 Å². The van der Waals surface area contributed by atoms with E-state index < -0.39 is 17.4 Å². The van der Waals surface area contributed by atoms with Crippen LogP contribution >= 0.6 is 11.6 Å². The third kappa shape index (κ3) is 2.40. The van der Waals surface area contributed by atoms with Gasteiger partial charge >= 0.3 is 0 Å². The van der Waals surface area contributed by atoms with E-state index in [1.807, 2.05) is 19.9 Å². The number of rotatable bonds is 4. The van der Waals surface area contributed by atoms with E-state index in [4.69, 9.17) is 11.6 Å². The van der Waals surface area contributed by atoms with E-state index in [-0.39, 0.29) is 29.8 Å². The minimum absolute atomic E-state index is 0.164. The number of likely N-dealkylation sites (tertiary alicyclic amines) is 1. The number of fused-ring (bicyclic) bond motifs is 4. The average Bonchev–Trinajstić information content (AvgIpc) is 3.21. The number of carbonyl (C=O) groups excluding carboxylic acids is 3. The SMILES string of the molecule is CC[C@@H](C)N1C(=O)[C@@H]2[C@H](CC(C)C)N[C@@]3(C(=O)Nc4c(Cl)cccc43)[C@@H]2C1=O. The topological polar surface area (TPSA) is 78.5 Å². The molecule has 4 rings (SSSR count). The summed E-state index contributed by atoms with van der Waals surface area (Å²) in [7, 11) is 0. The van der Waals surface area contributed by atoms with E-state index in [1.54, 1.807) is 12.1 Å². The smallest absolute Gasteiger partial charge is 0.250 e. The molecule has 1 aromatic rings. The molecule has 150 valence electrons. The molecule has 0 aliphatic carbocycles. The first-order chi connectivity index (χ1) is 13.2. The second-order valence-corrected chi connectivity index (χ2v) is 9.02. The summed E-state index contributed by atoms with van der Waals surface area (Å²) in [5, 5.41) is 6.73. The van der Waals surface area contributed by atoms with Crippen LogP contribution in [0.15, 0.2) is 18.2 Å². The fourth-order valence-electron chi connectivity index (χ4n) is 5.14. The summed E-state index contributed by atoms with van der Waals surface area (Å²) < 4.78 is 0. The number of hydrogen-bond acceptors (Lipinski definition) is 4. The van der Waals surface area contributed by atoms with Gasteiger partial charge in [0.15, 0.2) is 0 Å². The molecule has 1 spiro atoms. The normalized spacial score (nSPS) is 32.3. The molecule has 3 aliphatic heterocycles. The van der Waals surface area contributed by atoms with Crippen LogP contribution in [0.5, 0.6) is 0 Å². The maximum atomic E-state index is 13.5. The molecule has 0 aromatic heterocycles. The van der Waals surface area contributed by atoms with Crippen molar-refractivity contribution in [2.75, 3.05) is 5.32 Å². The van der Waals surface area contributed by atoms with Crippen molar-refractivity contribution in [2.24, 2.45) is 17.8 Å². The Bertz CT molecular complexity index is 870. The molecular weight excluding hydrogens is 378 g/mol. The first-order valence-electron chi connectivity index (χ1n) is 9.99. The second-order valence-electron chi connectivity index (χ2n) is 8.61. The molecule has 7 heteroatoms. The van der Waals surface area contributed by atoms with Crippen LogP contribution in [-0.2, 0) is 19.9 Å². The predicted octanol–water partition coefficient (Wildman–Crippen LogP) is 2.91. The maximum absolute atomic E-state index is 13.5. The minimum Gasteiger partial charge on any atom is -0.323 e. The fraction of sp³-hybridized carbons (Fsp3) is 0.571. The summed E-state index contributed by atoms with van der Waals surface area (Å²) in [4.78, 5) is 41.5. The number of anilines is 1. The van der Waals surface area contributed by atoms with Gasteiger partial charge in [0, 0.05) is 17.6 Å². The number of carbonyl (C=O) groups is 3. The number of nitrogens with one attached hydrogen (secondary N) is 2. The first-order valence-corrected chi connectivity index (χ1v) is 10.4. The van der Waals surface area contributed by atoms with E-state index in [0.717, 1.165) is 0 Å². The zero-order valence-corrected chi connectivity index (χ0v) is 17.3. The first kappa shape index (κ1) is 19.4. The highest BCUT2D eigenvalue weighted by Crippen LogP contribution is 2.55. The van der Waals surface area contributed by atoms with Gasteiger partial charge in [-0.1, -0.05) is 44.5 Å². The molecule has 0 saturated carbocycles. The molecule has 28 heavy (non-hydrogen) atoms. The van der Waals surface area contributed by atoms with E-state index in [2.05, 4.69) is 24.5 Å². The number of nitrogens with zero attached hydrogens (tertiary/aromatic N) is 1. The second kappa shape index (κ2) is 6.56. The van der Waals surface area contributed by atoms with Crippen LogP contribution in [0.4, 0.5) is 5.69 Å². The molecular formula is C21H26ClN3O3. The van der Waals surface area contributed by atoms with Crippen LogP contribution in [0.25, 0.3) is 0 Å². The monoisotopic (exact) mass is 403 g/mol. The molecule has 0 radical (unpaired) electrons. The Morgan fingerprint density at radius 2 is 1.89 bits per heavy atom. The number of benzene rings is 1. The summed E-state index contributed by atoms with van der Waals surface area (Å²) in [6, 6.07) is 4.88. The number of amides is 3. The number of hydrogen-bond donors (Lipinski definition) is 2. The van der Waals surface area contributed by atoms with E-state index in [0.29, 0.717) is 35.0 Å².